The summed E-state index contributed by atoms with van der Waals surface area (Å²) in [6.07, 6.45) is 12.7. The second kappa shape index (κ2) is 7.16. The van der Waals surface area contributed by atoms with Gasteiger partial charge in [0.05, 0.1) is 17.9 Å². The van der Waals surface area contributed by atoms with E-state index < -0.39 is 0 Å². The van der Waals surface area contributed by atoms with Gasteiger partial charge in [0.1, 0.15) is 11.2 Å². The minimum atomic E-state index is -0.0343. The maximum atomic E-state index is 12.7. The SMILES string of the molecule is O=c1cnc2cnc3[nH]ccc3c2n1[C@H]1CC[C@H](NCc2cccnc2)CC1. The Bertz CT molecular complexity index is 1160. The zero-order valence-electron chi connectivity index (χ0n) is 15.5. The summed E-state index contributed by atoms with van der Waals surface area (Å²) in [5.74, 6) is 0. The third-order valence-corrected chi connectivity index (χ3v) is 5.71. The first kappa shape index (κ1) is 17.1. The van der Waals surface area contributed by atoms with Gasteiger partial charge in [0.2, 0.25) is 0 Å². The lowest BCUT2D eigenvalue weighted by Crippen LogP contribution is -2.35. The number of aromatic amines is 1. The zero-order valence-corrected chi connectivity index (χ0v) is 15.5. The zero-order chi connectivity index (χ0) is 18.9. The maximum Gasteiger partial charge on any atom is 0.269 e. The van der Waals surface area contributed by atoms with Crippen molar-refractivity contribution >= 4 is 22.1 Å². The van der Waals surface area contributed by atoms with Crippen LogP contribution in [0.3, 0.4) is 0 Å². The Morgan fingerprint density at radius 3 is 2.82 bits per heavy atom. The third kappa shape index (κ3) is 3.07. The molecule has 28 heavy (non-hydrogen) atoms. The van der Waals surface area contributed by atoms with Crippen LogP contribution < -0.4 is 10.9 Å². The molecule has 5 rings (SSSR count). The molecule has 0 aromatic carbocycles. The summed E-state index contributed by atoms with van der Waals surface area (Å²) in [4.78, 5) is 28.8. The molecule has 4 aromatic rings. The molecule has 7 nitrogen and oxygen atoms in total. The first-order valence-corrected chi connectivity index (χ1v) is 9.75. The van der Waals surface area contributed by atoms with E-state index in [0.29, 0.717) is 6.04 Å². The molecule has 4 heterocycles. The van der Waals surface area contributed by atoms with E-state index in [0.717, 1.165) is 54.3 Å². The van der Waals surface area contributed by atoms with Gasteiger partial charge in [0, 0.05) is 42.6 Å². The molecular formula is C21H22N6O. The van der Waals surface area contributed by atoms with E-state index in [-0.39, 0.29) is 11.6 Å². The summed E-state index contributed by atoms with van der Waals surface area (Å²) in [6.45, 7) is 0.830. The number of rotatable bonds is 4. The van der Waals surface area contributed by atoms with Crippen molar-refractivity contribution in [3.8, 4) is 0 Å². The quantitative estimate of drug-likeness (QED) is 0.573. The van der Waals surface area contributed by atoms with Crippen LogP contribution in [0.5, 0.6) is 0 Å². The van der Waals surface area contributed by atoms with Gasteiger partial charge < -0.3 is 14.9 Å². The van der Waals surface area contributed by atoms with Crippen molar-refractivity contribution in [2.75, 3.05) is 0 Å². The smallest absolute Gasteiger partial charge is 0.269 e. The Balaban J connectivity index is 1.38. The van der Waals surface area contributed by atoms with Crippen LogP contribution in [0.1, 0.15) is 37.3 Å². The molecule has 0 unspecified atom stereocenters. The second-order valence-corrected chi connectivity index (χ2v) is 7.45. The average molecular weight is 374 g/mol. The van der Waals surface area contributed by atoms with E-state index in [2.05, 4.69) is 31.3 Å². The summed E-state index contributed by atoms with van der Waals surface area (Å²) in [7, 11) is 0. The van der Waals surface area contributed by atoms with Gasteiger partial charge in [-0.3, -0.25) is 9.78 Å². The van der Waals surface area contributed by atoms with Crippen molar-refractivity contribution in [2.24, 2.45) is 0 Å². The second-order valence-electron chi connectivity index (χ2n) is 7.45. The van der Waals surface area contributed by atoms with E-state index in [1.807, 2.05) is 29.1 Å². The average Bonchev–Trinajstić information content (AvgIpc) is 3.23. The fraction of sp³-hybridized carbons (Fsp3) is 0.333. The Kier molecular flexibility index (Phi) is 4.37. The normalized spacial score (nSPS) is 20.0. The lowest BCUT2D eigenvalue weighted by molar-refractivity contribution is 0.290. The summed E-state index contributed by atoms with van der Waals surface area (Å²) >= 11 is 0. The number of aromatic nitrogens is 5. The van der Waals surface area contributed by atoms with E-state index in [4.69, 9.17) is 0 Å². The van der Waals surface area contributed by atoms with E-state index in [1.54, 1.807) is 12.4 Å². The molecule has 1 fully saturated rings. The maximum absolute atomic E-state index is 12.7. The summed E-state index contributed by atoms with van der Waals surface area (Å²) in [5.41, 5.74) is 3.62. The Labute approximate surface area is 161 Å². The number of pyridine rings is 2. The molecule has 1 aliphatic rings. The number of nitrogens with one attached hydrogen (secondary N) is 2. The lowest BCUT2D eigenvalue weighted by atomic mass is 9.90. The molecule has 2 N–H and O–H groups in total. The fourth-order valence-electron chi connectivity index (χ4n) is 4.29. The largest absolute Gasteiger partial charge is 0.346 e. The summed E-state index contributed by atoms with van der Waals surface area (Å²) in [5, 5.41) is 4.59. The van der Waals surface area contributed by atoms with Crippen LogP contribution in [0, 0.1) is 0 Å². The van der Waals surface area contributed by atoms with Crippen molar-refractivity contribution in [1.82, 2.24) is 29.8 Å². The first-order valence-electron chi connectivity index (χ1n) is 9.75. The predicted octanol–water partition coefficient (Wildman–Crippen LogP) is 2.94. The van der Waals surface area contributed by atoms with Crippen molar-refractivity contribution < 1.29 is 0 Å². The van der Waals surface area contributed by atoms with Crippen molar-refractivity contribution in [2.45, 2.75) is 44.3 Å². The molecule has 0 bridgehead atoms. The van der Waals surface area contributed by atoms with E-state index in [1.165, 1.54) is 11.8 Å². The van der Waals surface area contributed by atoms with Gasteiger partial charge in [0.25, 0.3) is 5.56 Å². The van der Waals surface area contributed by atoms with Crippen LogP contribution in [0.15, 0.2) is 54.0 Å². The van der Waals surface area contributed by atoms with Crippen LogP contribution in [-0.2, 0) is 6.54 Å². The van der Waals surface area contributed by atoms with Gasteiger partial charge >= 0.3 is 0 Å². The molecule has 0 spiro atoms. The molecule has 0 atom stereocenters. The molecule has 0 aliphatic heterocycles. The molecule has 0 amide bonds. The highest BCUT2D eigenvalue weighted by molar-refractivity contribution is 6.00. The molecule has 7 heteroatoms. The molecule has 0 saturated heterocycles. The van der Waals surface area contributed by atoms with Crippen LogP contribution in [-0.4, -0.2) is 30.5 Å². The van der Waals surface area contributed by atoms with Crippen LogP contribution >= 0.6 is 0 Å². The molecule has 0 radical (unpaired) electrons. The molecule has 1 aliphatic carbocycles. The van der Waals surface area contributed by atoms with Crippen LogP contribution in [0.4, 0.5) is 0 Å². The number of nitrogens with zero attached hydrogens (tertiary/aromatic N) is 4. The van der Waals surface area contributed by atoms with Gasteiger partial charge in [-0.1, -0.05) is 6.07 Å². The van der Waals surface area contributed by atoms with Crippen molar-refractivity contribution in [3.63, 3.8) is 0 Å². The van der Waals surface area contributed by atoms with Crippen LogP contribution in [0.2, 0.25) is 0 Å². The standard InChI is InChI=1S/C21H22N6O/c28-19-13-25-18-12-26-21-17(7-9-23-21)20(18)27(19)16-5-3-15(4-6-16)24-11-14-2-1-8-22-10-14/h1-2,7-10,12-13,15-16,24H,3-6,11H2,(H,23,26)/t15-,16-. The van der Waals surface area contributed by atoms with Gasteiger partial charge in [0.15, 0.2) is 0 Å². The minimum Gasteiger partial charge on any atom is -0.346 e. The van der Waals surface area contributed by atoms with Crippen LogP contribution in [0.25, 0.3) is 22.1 Å². The van der Waals surface area contributed by atoms with Crippen molar-refractivity contribution in [3.05, 3.63) is 65.1 Å². The van der Waals surface area contributed by atoms with Gasteiger partial charge in [-0.25, -0.2) is 9.97 Å². The highest BCUT2D eigenvalue weighted by Crippen LogP contribution is 2.31. The Hall–Kier alpha value is -3.06. The molecule has 142 valence electrons. The third-order valence-electron chi connectivity index (χ3n) is 5.71. The lowest BCUT2D eigenvalue weighted by Gasteiger charge is -2.31. The van der Waals surface area contributed by atoms with Gasteiger partial charge in [-0.15, -0.1) is 0 Å². The topological polar surface area (TPSA) is 88.5 Å². The van der Waals surface area contributed by atoms with E-state index in [9.17, 15) is 4.79 Å². The fourth-order valence-corrected chi connectivity index (χ4v) is 4.29. The Morgan fingerprint density at radius 2 is 2.00 bits per heavy atom. The monoisotopic (exact) mass is 374 g/mol. The highest BCUT2D eigenvalue weighted by atomic mass is 16.1. The van der Waals surface area contributed by atoms with Gasteiger partial charge in [-0.2, -0.15) is 0 Å². The number of H-pyrrole nitrogens is 1. The predicted molar refractivity (Wildman–Crippen MR) is 108 cm³/mol. The molecule has 1 saturated carbocycles. The van der Waals surface area contributed by atoms with Crippen molar-refractivity contribution in [1.29, 1.82) is 0 Å². The number of fused-ring (bicyclic) bond motifs is 3. The first-order chi connectivity index (χ1) is 13.8. The molecule has 4 aromatic heterocycles. The molecular weight excluding hydrogens is 352 g/mol. The Morgan fingerprint density at radius 1 is 1.11 bits per heavy atom. The number of hydrogen-bond acceptors (Lipinski definition) is 5. The minimum absolute atomic E-state index is 0.0343. The van der Waals surface area contributed by atoms with E-state index >= 15 is 0 Å². The van der Waals surface area contributed by atoms with Gasteiger partial charge in [-0.05, 0) is 43.4 Å². The summed E-state index contributed by atoms with van der Waals surface area (Å²) in [6, 6.07) is 6.68. The summed E-state index contributed by atoms with van der Waals surface area (Å²) < 4.78 is 1.94. The highest BCUT2D eigenvalue weighted by Gasteiger charge is 2.25. The number of hydrogen-bond donors (Lipinski definition) is 2.